The summed E-state index contributed by atoms with van der Waals surface area (Å²) >= 11 is 0. The Hall–Kier alpha value is -1.46. The van der Waals surface area contributed by atoms with Crippen LogP contribution in [-0.4, -0.2) is 44.2 Å². The van der Waals surface area contributed by atoms with Crippen molar-refractivity contribution in [1.82, 2.24) is 10.2 Å². The molecule has 2 fully saturated rings. The van der Waals surface area contributed by atoms with Crippen LogP contribution in [0.15, 0.2) is 24.3 Å². The third-order valence-electron chi connectivity index (χ3n) is 5.23. The molecule has 0 unspecified atom stereocenters. The molecule has 0 radical (unpaired) electrons. The van der Waals surface area contributed by atoms with Gasteiger partial charge in [0, 0.05) is 32.0 Å². The van der Waals surface area contributed by atoms with E-state index in [1.54, 1.807) is 7.11 Å². The summed E-state index contributed by atoms with van der Waals surface area (Å²) in [5.41, 5.74) is 1.12. The number of hydrogen-bond donors (Lipinski definition) is 1. The van der Waals surface area contributed by atoms with Crippen molar-refractivity contribution >= 4 is 5.91 Å². The third-order valence-corrected chi connectivity index (χ3v) is 5.23. The summed E-state index contributed by atoms with van der Waals surface area (Å²) in [5.74, 6) is 0.915. The van der Waals surface area contributed by atoms with E-state index in [2.05, 4.69) is 10.2 Å². The number of benzene rings is 1. The van der Waals surface area contributed by atoms with Gasteiger partial charge in [-0.3, -0.25) is 9.69 Å². The molecule has 2 heterocycles. The molecule has 0 bridgehead atoms. The Balaban J connectivity index is 1.65. The van der Waals surface area contributed by atoms with Crippen molar-refractivity contribution in [1.29, 1.82) is 0 Å². The molecule has 0 saturated carbocycles. The number of rotatable bonds is 4. The first-order chi connectivity index (χ1) is 11.2. The fourth-order valence-corrected chi connectivity index (χ4v) is 3.99. The fraction of sp³-hybridized carbons (Fsp3) is 0.611. The zero-order chi connectivity index (χ0) is 16.2. The lowest BCUT2D eigenvalue weighted by Crippen LogP contribution is -2.49. The number of nitrogens with one attached hydrogen (secondary N) is 1. The highest BCUT2D eigenvalue weighted by Crippen LogP contribution is 2.34. The fourth-order valence-electron chi connectivity index (χ4n) is 3.99. The topological polar surface area (TPSA) is 41.6 Å². The van der Waals surface area contributed by atoms with Crippen LogP contribution in [0.5, 0.6) is 0 Å². The Labute approximate surface area is 137 Å². The molecule has 3 rings (SSSR count). The normalized spacial score (nSPS) is 28.8. The first-order valence-corrected chi connectivity index (χ1v) is 8.41. The van der Waals surface area contributed by atoms with Crippen LogP contribution in [-0.2, 0) is 16.1 Å². The molecule has 1 amide bonds. The summed E-state index contributed by atoms with van der Waals surface area (Å²) in [6.45, 7) is 4.14. The van der Waals surface area contributed by atoms with Gasteiger partial charge < -0.3 is 10.1 Å². The molecule has 2 saturated heterocycles. The summed E-state index contributed by atoms with van der Waals surface area (Å²) in [7, 11) is 1.73. The average molecular weight is 320 g/mol. The first-order valence-electron chi connectivity index (χ1n) is 8.41. The molecule has 1 aromatic rings. The van der Waals surface area contributed by atoms with E-state index in [-0.39, 0.29) is 17.6 Å². The Morgan fingerprint density at radius 2 is 2.00 bits per heavy atom. The maximum atomic E-state index is 13.0. The minimum atomic E-state index is -0.199. The molecular formula is C18H25FN2O2. The molecule has 2 aliphatic rings. The number of halogens is 1. The number of carbonyl (C=O) groups is 1. The zero-order valence-electron chi connectivity index (χ0n) is 13.6. The van der Waals surface area contributed by atoms with Gasteiger partial charge in [-0.05, 0) is 49.5 Å². The number of amides is 1. The number of piperidine rings is 1. The second kappa shape index (κ2) is 7.41. The van der Waals surface area contributed by atoms with E-state index >= 15 is 0 Å². The maximum absolute atomic E-state index is 13.0. The van der Waals surface area contributed by atoms with Crippen molar-refractivity contribution < 1.29 is 13.9 Å². The van der Waals surface area contributed by atoms with E-state index in [1.165, 1.54) is 12.1 Å². The van der Waals surface area contributed by atoms with E-state index in [4.69, 9.17) is 4.74 Å². The lowest BCUT2D eigenvalue weighted by Gasteiger charge is -2.36. The van der Waals surface area contributed by atoms with E-state index in [1.807, 2.05) is 12.1 Å². The summed E-state index contributed by atoms with van der Waals surface area (Å²) in [6, 6.07) is 6.70. The average Bonchev–Trinajstić information content (AvgIpc) is 2.76. The van der Waals surface area contributed by atoms with Crippen molar-refractivity contribution in [3.8, 4) is 0 Å². The van der Waals surface area contributed by atoms with Gasteiger partial charge in [-0.2, -0.15) is 0 Å². The second-order valence-electron chi connectivity index (χ2n) is 6.71. The molecular weight excluding hydrogens is 295 g/mol. The minimum absolute atomic E-state index is 0.0992. The lowest BCUT2D eigenvalue weighted by atomic mass is 9.75. The van der Waals surface area contributed by atoms with Gasteiger partial charge in [0.1, 0.15) is 5.82 Å². The lowest BCUT2D eigenvalue weighted by molar-refractivity contribution is -0.131. The van der Waals surface area contributed by atoms with Gasteiger partial charge in [0.15, 0.2) is 0 Å². The standard InChI is InChI=1S/C18H25FN2O2/c1-23-12-14-10-20-18(22)17-7-9-21(8-6-16(14)17)11-13-2-4-15(19)5-3-13/h2-5,14,16-17H,6-12H2,1H3,(H,20,22)/t14-,16-,17-/m1/s1. The van der Waals surface area contributed by atoms with Gasteiger partial charge in [-0.25, -0.2) is 4.39 Å². The maximum Gasteiger partial charge on any atom is 0.223 e. The zero-order valence-corrected chi connectivity index (χ0v) is 13.6. The van der Waals surface area contributed by atoms with E-state index in [0.29, 0.717) is 18.4 Å². The monoisotopic (exact) mass is 320 g/mol. The summed E-state index contributed by atoms with van der Waals surface area (Å²) in [6.07, 6.45) is 1.91. The second-order valence-corrected chi connectivity index (χ2v) is 6.71. The highest BCUT2D eigenvalue weighted by molar-refractivity contribution is 5.79. The molecule has 2 aliphatic heterocycles. The predicted octanol–water partition coefficient (Wildman–Crippen LogP) is 2.05. The number of fused-ring (bicyclic) bond motifs is 1. The molecule has 0 spiro atoms. The summed E-state index contributed by atoms with van der Waals surface area (Å²) < 4.78 is 18.4. The van der Waals surface area contributed by atoms with Gasteiger partial charge in [0.25, 0.3) is 0 Å². The van der Waals surface area contributed by atoms with Crippen LogP contribution in [0.3, 0.4) is 0 Å². The van der Waals surface area contributed by atoms with Crippen LogP contribution in [0.25, 0.3) is 0 Å². The van der Waals surface area contributed by atoms with Crippen molar-refractivity contribution in [2.45, 2.75) is 19.4 Å². The van der Waals surface area contributed by atoms with Gasteiger partial charge in [-0.1, -0.05) is 12.1 Å². The van der Waals surface area contributed by atoms with E-state index in [9.17, 15) is 9.18 Å². The Morgan fingerprint density at radius 3 is 2.74 bits per heavy atom. The SMILES string of the molecule is COC[C@H]1CNC(=O)[C@@H]2CCN(Cc3ccc(F)cc3)CC[C@H]12. The van der Waals surface area contributed by atoms with Crippen LogP contribution in [0.1, 0.15) is 18.4 Å². The number of nitrogens with zero attached hydrogens (tertiary/aromatic N) is 1. The van der Waals surface area contributed by atoms with Crippen molar-refractivity contribution in [3.05, 3.63) is 35.6 Å². The molecule has 0 aliphatic carbocycles. The van der Waals surface area contributed by atoms with E-state index in [0.717, 1.165) is 44.6 Å². The Kier molecular flexibility index (Phi) is 5.28. The molecule has 1 N–H and O–H groups in total. The van der Waals surface area contributed by atoms with E-state index < -0.39 is 0 Å². The van der Waals surface area contributed by atoms with Crippen molar-refractivity contribution in [2.24, 2.45) is 17.8 Å². The molecule has 5 heteroatoms. The number of ether oxygens (including phenoxy) is 1. The molecule has 1 aromatic carbocycles. The van der Waals surface area contributed by atoms with Crippen LogP contribution in [0.4, 0.5) is 4.39 Å². The molecule has 23 heavy (non-hydrogen) atoms. The van der Waals surface area contributed by atoms with Crippen molar-refractivity contribution in [3.63, 3.8) is 0 Å². The Bertz CT molecular complexity index is 534. The minimum Gasteiger partial charge on any atom is -0.384 e. The molecule has 126 valence electrons. The molecule has 0 aromatic heterocycles. The predicted molar refractivity (Wildman–Crippen MR) is 86.3 cm³/mol. The van der Waals surface area contributed by atoms with Gasteiger partial charge >= 0.3 is 0 Å². The van der Waals surface area contributed by atoms with Crippen LogP contribution in [0.2, 0.25) is 0 Å². The van der Waals surface area contributed by atoms with Gasteiger partial charge in [-0.15, -0.1) is 0 Å². The summed E-state index contributed by atoms with van der Waals surface area (Å²) in [4.78, 5) is 14.6. The summed E-state index contributed by atoms with van der Waals surface area (Å²) in [5, 5.41) is 3.04. The van der Waals surface area contributed by atoms with Crippen LogP contribution < -0.4 is 5.32 Å². The number of carbonyl (C=O) groups excluding carboxylic acids is 1. The third kappa shape index (κ3) is 3.90. The van der Waals surface area contributed by atoms with Crippen LogP contribution in [0, 0.1) is 23.6 Å². The largest absolute Gasteiger partial charge is 0.384 e. The Morgan fingerprint density at radius 1 is 1.26 bits per heavy atom. The van der Waals surface area contributed by atoms with Gasteiger partial charge in [0.2, 0.25) is 5.91 Å². The van der Waals surface area contributed by atoms with Crippen molar-refractivity contribution in [2.75, 3.05) is 33.4 Å². The number of hydrogen-bond acceptors (Lipinski definition) is 3. The molecule has 3 atom stereocenters. The smallest absolute Gasteiger partial charge is 0.223 e. The highest BCUT2D eigenvalue weighted by atomic mass is 19.1. The first kappa shape index (κ1) is 16.4. The highest BCUT2D eigenvalue weighted by Gasteiger charge is 2.39. The van der Waals surface area contributed by atoms with Gasteiger partial charge in [0.05, 0.1) is 6.61 Å². The molecule has 4 nitrogen and oxygen atoms in total. The number of methoxy groups -OCH3 is 1. The number of likely N-dealkylation sites (tertiary alicyclic amines) is 1. The quantitative estimate of drug-likeness (QED) is 0.923. The van der Waals surface area contributed by atoms with Crippen LogP contribution >= 0.6 is 0 Å².